The van der Waals surface area contributed by atoms with Gasteiger partial charge in [-0.15, -0.1) is 5.10 Å². The highest BCUT2D eigenvalue weighted by Gasteiger charge is 2.35. The van der Waals surface area contributed by atoms with Crippen LogP contribution in [0.1, 0.15) is 6.42 Å². The number of hydrogen-bond acceptors (Lipinski definition) is 7. The lowest BCUT2D eigenvalue weighted by molar-refractivity contribution is -0.116. The van der Waals surface area contributed by atoms with Crippen LogP contribution < -0.4 is 10.6 Å². The number of benzene rings is 1. The summed E-state index contributed by atoms with van der Waals surface area (Å²) in [6, 6.07) is 8.76. The molecule has 1 aromatic heterocycles. The molecule has 10 heteroatoms. The van der Waals surface area contributed by atoms with Gasteiger partial charge in [0, 0.05) is 5.69 Å². The van der Waals surface area contributed by atoms with Crippen LogP contribution in [0.3, 0.4) is 0 Å². The lowest BCUT2D eigenvalue weighted by Gasteiger charge is -2.28. The first-order valence-corrected chi connectivity index (χ1v) is 10.1. The Balaban J connectivity index is 1.77. The van der Waals surface area contributed by atoms with Crippen LogP contribution >= 0.6 is 11.8 Å². The maximum atomic E-state index is 12.7. The molecule has 1 aromatic carbocycles. The number of sulfone groups is 1. The molecule has 1 aliphatic rings. The van der Waals surface area contributed by atoms with Crippen molar-refractivity contribution in [2.75, 3.05) is 27.9 Å². The Bertz CT molecular complexity index is 822. The second-order valence-corrected chi connectivity index (χ2v) is 8.62. The fourth-order valence-electron chi connectivity index (χ4n) is 2.64. The van der Waals surface area contributed by atoms with Gasteiger partial charge in [0.1, 0.15) is 0 Å². The van der Waals surface area contributed by atoms with Gasteiger partial charge in [-0.25, -0.2) is 13.5 Å². The number of hydrogen-bond donors (Lipinski definition) is 2. The van der Waals surface area contributed by atoms with Crippen molar-refractivity contribution >= 4 is 39.1 Å². The van der Waals surface area contributed by atoms with Gasteiger partial charge in [-0.1, -0.05) is 30.0 Å². The quantitative estimate of drug-likeness (QED) is 0.746. The highest BCUT2D eigenvalue weighted by Crippen LogP contribution is 2.26. The van der Waals surface area contributed by atoms with E-state index in [0.717, 1.165) is 11.8 Å². The number of nitrogen functional groups attached to an aromatic ring is 1. The van der Waals surface area contributed by atoms with E-state index in [9.17, 15) is 13.2 Å². The van der Waals surface area contributed by atoms with Crippen molar-refractivity contribution < 1.29 is 13.2 Å². The first kappa shape index (κ1) is 16.8. The third kappa shape index (κ3) is 3.88. The maximum Gasteiger partial charge on any atom is 0.237 e. The molecule has 0 radical (unpaired) electrons. The molecule has 1 atom stereocenters. The van der Waals surface area contributed by atoms with Gasteiger partial charge in [-0.3, -0.25) is 4.79 Å². The van der Waals surface area contributed by atoms with Gasteiger partial charge in [0.2, 0.25) is 17.0 Å². The topological polar surface area (TPSA) is 122 Å². The van der Waals surface area contributed by atoms with E-state index in [2.05, 4.69) is 15.2 Å². The van der Waals surface area contributed by atoms with Crippen LogP contribution in [0.25, 0.3) is 0 Å². The molecule has 3 rings (SSSR count). The Hall–Kier alpha value is -2.07. The Morgan fingerprint density at radius 1 is 1.38 bits per heavy atom. The summed E-state index contributed by atoms with van der Waals surface area (Å²) in [5.41, 5.74) is 6.15. The van der Waals surface area contributed by atoms with Crippen molar-refractivity contribution in [2.45, 2.75) is 17.6 Å². The smallest absolute Gasteiger partial charge is 0.237 e. The van der Waals surface area contributed by atoms with Crippen LogP contribution in [0.4, 0.5) is 11.6 Å². The number of rotatable bonds is 5. The molecule has 1 saturated heterocycles. The normalized spacial score (nSPS) is 19.2. The fraction of sp³-hybridized carbons (Fsp3) is 0.357. The molecule has 2 aromatic rings. The SMILES string of the molecule is Nc1nc(SCC(=O)N(c2ccccc2)C2CCS(=O)(=O)C2)n[nH]1. The minimum Gasteiger partial charge on any atom is -0.368 e. The summed E-state index contributed by atoms with van der Waals surface area (Å²) >= 11 is 1.16. The summed E-state index contributed by atoms with van der Waals surface area (Å²) in [6.45, 7) is 0. The minimum absolute atomic E-state index is 0.00803. The lowest BCUT2D eigenvalue weighted by Crippen LogP contribution is -2.42. The van der Waals surface area contributed by atoms with E-state index in [-0.39, 0.29) is 35.2 Å². The van der Waals surface area contributed by atoms with Crippen molar-refractivity contribution in [2.24, 2.45) is 0 Å². The largest absolute Gasteiger partial charge is 0.368 e. The number of nitrogens with zero attached hydrogens (tertiary/aromatic N) is 3. The number of para-hydroxylation sites is 1. The molecule has 24 heavy (non-hydrogen) atoms. The van der Waals surface area contributed by atoms with Crippen molar-refractivity contribution in [1.82, 2.24) is 15.2 Å². The van der Waals surface area contributed by atoms with Gasteiger partial charge >= 0.3 is 0 Å². The molecule has 0 spiro atoms. The standard InChI is InChI=1S/C14H17N5O3S2/c15-13-16-14(18-17-13)23-8-12(20)19(10-4-2-1-3-5-10)11-6-7-24(21,22)9-11/h1-5,11H,6-9H2,(H3,15,16,17,18). The molecular formula is C14H17N5O3S2. The van der Waals surface area contributed by atoms with E-state index >= 15 is 0 Å². The molecule has 1 fully saturated rings. The first-order valence-electron chi connectivity index (χ1n) is 7.33. The number of nitrogens with one attached hydrogen (secondary N) is 1. The Morgan fingerprint density at radius 3 is 2.71 bits per heavy atom. The molecule has 2 heterocycles. The van der Waals surface area contributed by atoms with E-state index < -0.39 is 9.84 Å². The number of H-pyrrole nitrogens is 1. The fourth-order valence-corrected chi connectivity index (χ4v) is 5.01. The highest BCUT2D eigenvalue weighted by molar-refractivity contribution is 7.99. The summed E-state index contributed by atoms with van der Waals surface area (Å²) in [4.78, 5) is 18.3. The van der Waals surface area contributed by atoms with Crippen LogP contribution in [0, 0.1) is 0 Å². The summed E-state index contributed by atoms with van der Waals surface area (Å²) in [7, 11) is -3.09. The number of nitrogens with two attached hydrogens (primary N) is 1. The van der Waals surface area contributed by atoms with Crippen LogP contribution in [0.5, 0.6) is 0 Å². The average molecular weight is 367 g/mol. The second-order valence-electron chi connectivity index (χ2n) is 5.45. The molecule has 1 amide bonds. The monoisotopic (exact) mass is 367 g/mol. The third-order valence-electron chi connectivity index (χ3n) is 3.68. The molecule has 1 aliphatic heterocycles. The van der Waals surface area contributed by atoms with Crippen molar-refractivity contribution in [1.29, 1.82) is 0 Å². The molecule has 3 N–H and O–H groups in total. The highest BCUT2D eigenvalue weighted by atomic mass is 32.2. The summed E-state index contributed by atoms with van der Waals surface area (Å²) in [6.07, 6.45) is 0.446. The van der Waals surface area contributed by atoms with E-state index in [4.69, 9.17) is 5.73 Å². The number of thioether (sulfide) groups is 1. The number of aromatic amines is 1. The van der Waals surface area contributed by atoms with Gasteiger partial charge in [-0.05, 0) is 18.6 Å². The van der Waals surface area contributed by atoms with Crippen molar-refractivity contribution in [3.63, 3.8) is 0 Å². The van der Waals surface area contributed by atoms with Crippen molar-refractivity contribution in [3.05, 3.63) is 30.3 Å². The molecule has 0 saturated carbocycles. The Kier molecular flexibility index (Phi) is 4.76. The minimum atomic E-state index is -3.09. The van der Waals surface area contributed by atoms with Gasteiger partial charge in [0.25, 0.3) is 0 Å². The molecule has 1 unspecified atom stereocenters. The molecule has 0 aliphatic carbocycles. The number of carbonyl (C=O) groups is 1. The molecule has 128 valence electrons. The molecule has 8 nitrogen and oxygen atoms in total. The molecular weight excluding hydrogens is 350 g/mol. The zero-order valence-corrected chi connectivity index (χ0v) is 14.4. The number of amides is 1. The zero-order chi connectivity index (χ0) is 17.2. The van der Waals surface area contributed by atoms with Crippen LogP contribution in [-0.2, 0) is 14.6 Å². The van der Waals surface area contributed by atoms with E-state index in [1.807, 2.05) is 18.2 Å². The van der Waals surface area contributed by atoms with Gasteiger partial charge in [-0.2, -0.15) is 4.98 Å². The van der Waals surface area contributed by atoms with E-state index in [1.54, 1.807) is 17.0 Å². The Labute approximate surface area is 143 Å². The predicted molar refractivity (Wildman–Crippen MR) is 92.5 cm³/mol. The number of carbonyl (C=O) groups excluding carboxylic acids is 1. The van der Waals surface area contributed by atoms with Crippen LogP contribution in [-0.4, -0.2) is 52.8 Å². The van der Waals surface area contributed by atoms with Gasteiger partial charge in [0.05, 0.1) is 23.3 Å². The maximum absolute atomic E-state index is 12.7. The number of aromatic nitrogens is 3. The predicted octanol–water partition coefficient (Wildman–Crippen LogP) is 0.699. The Morgan fingerprint density at radius 2 is 2.12 bits per heavy atom. The lowest BCUT2D eigenvalue weighted by atomic mass is 10.2. The van der Waals surface area contributed by atoms with Crippen LogP contribution in [0.2, 0.25) is 0 Å². The second kappa shape index (κ2) is 6.81. The summed E-state index contributed by atoms with van der Waals surface area (Å²) < 4.78 is 23.6. The van der Waals surface area contributed by atoms with Gasteiger partial charge < -0.3 is 10.6 Å². The van der Waals surface area contributed by atoms with E-state index in [1.165, 1.54) is 0 Å². The summed E-state index contributed by atoms with van der Waals surface area (Å²) in [5.74, 6) is 0.205. The van der Waals surface area contributed by atoms with Crippen molar-refractivity contribution in [3.8, 4) is 0 Å². The van der Waals surface area contributed by atoms with Crippen LogP contribution in [0.15, 0.2) is 35.5 Å². The average Bonchev–Trinajstić information content (AvgIpc) is 3.12. The van der Waals surface area contributed by atoms with Gasteiger partial charge in [0.15, 0.2) is 9.84 Å². The zero-order valence-electron chi connectivity index (χ0n) is 12.8. The third-order valence-corrected chi connectivity index (χ3v) is 6.27. The molecule has 0 bridgehead atoms. The summed E-state index contributed by atoms with van der Waals surface area (Å²) in [5, 5.41) is 6.77. The van der Waals surface area contributed by atoms with E-state index in [0.29, 0.717) is 17.3 Å². The first-order chi connectivity index (χ1) is 11.4. The number of anilines is 2.